The number of hydrogen-bond donors (Lipinski definition) is 0. The molecule has 7 aromatic carbocycles. The summed E-state index contributed by atoms with van der Waals surface area (Å²) in [5.74, 6) is 0. The topological polar surface area (TPSA) is 57.4 Å². The van der Waals surface area contributed by atoms with Gasteiger partial charge >= 0.3 is 0 Å². The third-order valence-corrected chi connectivity index (χ3v) is 9.35. The Bertz CT molecular complexity index is 2760. The summed E-state index contributed by atoms with van der Waals surface area (Å²) in [6.45, 7) is 0. The molecule has 0 radical (unpaired) electrons. The maximum absolute atomic E-state index is 10.2. The number of fused-ring (bicyclic) bond motifs is 6. The first-order valence-corrected chi connectivity index (χ1v) is 15.9. The van der Waals surface area contributed by atoms with Crippen molar-refractivity contribution in [2.24, 2.45) is 0 Å². The predicted octanol–water partition coefficient (Wildman–Crippen LogP) is 11.0. The molecule has 0 spiro atoms. The van der Waals surface area contributed by atoms with Crippen molar-refractivity contribution in [3.05, 3.63) is 169 Å². The van der Waals surface area contributed by atoms with Crippen molar-refractivity contribution < 1.29 is 0 Å². The molecule has 0 bridgehead atoms. The van der Waals surface area contributed by atoms with Crippen LogP contribution in [0.15, 0.2) is 158 Å². The van der Waals surface area contributed by atoms with E-state index < -0.39 is 0 Å². The van der Waals surface area contributed by atoms with Gasteiger partial charge in [0.1, 0.15) is 6.07 Å². The van der Waals surface area contributed by atoms with E-state index in [1.165, 1.54) is 10.8 Å². The quantitative estimate of drug-likeness (QED) is 0.199. The average Bonchev–Trinajstić information content (AvgIpc) is 3.68. The van der Waals surface area contributed by atoms with Gasteiger partial charge in [-0.15, -0.1) is 0 Å². The number of hydrogen-bond acceptors (Lipinski definition) is 2. The largest absolute Gasteiger partial charge is 0.309 e. The van der Waals surface area contributed by atoms with Crippen LogP contribution in [0.4, 0.5) is 0 Å². The summed E-state index contributed by atoms with van der Waals surface area (Å²) < 4.78 is 4.48. The van der Waals surface area contributed by atoms with Gasteiger partial charge in [0.05, 0.1) is 45.0 Å². The summed E-state index contributed by atoms with van der Waals surface area (Å²) in [6.07, 6.45) is 0. The lowest BCUT2D eigenvalue weighted by Crippen LogP contribution is -1.99. The van der Waals surface area contributed by atoms with E-state index in [2.05, 4.69) is 137 Å². The third kappa shape index (κ3) is 4.14. The number of rotatable bonds is 4. The van der Waals surface area contributed by atoms with E-state index in [1.807, 2.05) is 42.5 Å². The van der Waals surface area contributed by atoms with Crippen molar-refractivity contribution in [1.29, 1.82) is 10.5 Å². The molecule has 0 aliphatic heterocycles. The fourth-order valence-electron chi connectivity index (χ4n) is 7.31. The first-order chi connectivity index (χ1) is 23.7. The molecule has 2 heterocycles. The molecule has 2 aromatic heterocycles. The first-order valence-electron chi connectivity index (χ1n) is 15.9. The lowest BCUT2D eigenvalue weighted by atomic mass is 9.96. The van der Waals surface area contributed by atoms with E-state index in [4.69, 9.17) is 0 Å². The Labute approximate surface area is 277 Å². The van der Waals surface area contributed by atoms with Crippen LogP contribution >= 0.6 is 0 Å². The van der Waals surface area contributed by atoms with Gasteiger partial charge < -0.3 is 9.13 Å². The Kier molecular flexibility index (Phi) is 6.22. The Morgan fingerprint density at radius 3 is 1.71 bits per heavy atom. The van der Waals surface area contributed by atoms with Crippen LogP contribution in [0, 0.1) is 22.7 Å². The fourth-order valence-corrected chi connectivity index (χ4v) is 7.31. The van der Waals surface area contributed by atoms with Crippen molar-refractivity contribution in [3.8, 4) is 45.8 Å². The first kappa shape index (κ1) is 27.4. The van der Waals surface area contributed by atoms with Gasteiger partial charge in [0.15, 0.2) is 0 Å². The molecule has 0 aliphatic carbocycles. The maximum atomic E-state index is 10.2. The Hall–Kier alpha value is -6.88. The van der Waals surface area contributed by atoms with Crippen LogP contribution in [-0.2, 0) is 0 Å². The summed E-state index contributed by atoms with van der Waals surface area (Å²) in [4.78, 5) is 0. The average molecular weight is 611 g/mol. The van der Waals surface area contributed by atoms with Crippen molar-refractivity contribution in [2.45, 2.75) is 0 Å². The SMILES string of the molecule is N#Cc1cc(-c2cccc(-c3ccccc3-n3c4ccccc4c4cccc(C#N)c43)c2)cc(-n2c3ccccc3c3ccccc32)c1. The van der Waals surface area contributed by atoms with Gasteiger partial charge in [0.25, 0.3) is 0 Å². The Morgan fingerprint density at radius 2 is 1.00 bits per heavy atom. The monoisotopic (exact) mass is 610 g/mol. The minimum atomic E-state index is 0.601. The third-order valence-electron chi connectivity index (χ3n) is 9.35. The number of nitrogens with zero attached hydrogens (tertiary/aromatic N) is 4. The molecule has 0 saturated carbocycles. The van der Waals surface area contributed by atoms with Gasteiger partial charge in [0.2, 0.25) is 0 Å². The highest BCUT2D eigenvalue weighted by atomic mass is 15.0. The van der Waals surface area contributed by atoms with E-state index in [1.54, 1.807) is 0 Å². The van der Waals surface area contributed by atoms with Gasteiger partial charge in [-0.25, -0.2) is 0 Å². The molecule has 4 heteroatoms. The highest BCUT2D eigenvalue weighted by Crippen LogP contribution is 2.39. The molecule has 0 amide bonds. The molecular weight excluding hydrogens is 585 g/mol. The van der Waals surface area contributed by atoms with Crippen LogP contribution in [-0.4, -0.2) is 9.13 Å². The molecule has 222 valence electrons. The molecule has 0 aliphatic rings. The van der Waals surface area contributed by atoms with E-state index in [0.29, 0.717) is 11.1 Å². The smallest absolute Gasteiger partial charge is 0.101 e. The molecule has 4 nitrogen and oxygen atoms in total. The van der Waals surface area contributed by atoms with Gasteiger partial charge in [-0.3, -0.25) is 0 Å². The van der Waals surface area contributed by atoms with Crippen LogP contribution in [0.1, 0.15) is 11.1 Å². The maximum Gasteiger partial charge on any atom is 0.101 e. The second kappa shape index (κ2) is 10.9. The van der Waals surface area contributed by atoms with Gasteiger partial charge in [-0.2, -0.15) is 10.5 Å². The molecule has 9 aromatic rings. The lowest BCUT2D eigenvalue weighted by Gasteiger charge is -2.16. The zero-order valence-corrected chi connectivity index (χ0v) is 25.8. The predicted molar refractivity (Wildman–Crippen MR) is 195 cm³/mol. The van der Waals surface area contributed by atoms with Gasteiger partial charge in [-0.1, -0.05) is 103 Å². The molecule has 0 fully saturated rings. The van der Waals surface area contributed by atoms with Crippen molar-refractivity contribution in [1.82, 2.24) is 9.13 Å². The highest BCUT2D eigenvalue weighted by Gasteiger charge is 2.18. The molecule has 0 atom stereocenters. The second-order valence-electron chi connectivity index (χ2n) is 12.0. The van der Waals surface area contributed by atoms with Crippen molar-refractivity contribution in [2.75, 3.05) is 0 Å². The summed E-state index contributed by atoms with van der Waals surface area (Å²) in [7, 11) is 0. The van der Waals surface area contributed by atoms with Crippen LogP contribution < -0.4 is 0 Å². The van der Waals surface area contributed by atoms with E-state index in [9.17, 15) is 10.5 Å². The van der Waals surface area contributed by atoms with E-state index >= 15 is 0 Å². The minimum absolute atomic E-state index is 0.601. The summed E-state index contributed by atoms with van der Waals surface area (Å²) in [5, 5.41) is 24.8. The minimum Gasteiger partial charge on any atom is -0.309 e. The standard InChI is InChI=1S/C44H26N4/c45-27-29-23-33(26-34(24-29)47-41-20-6-2-15-36(41)37-16-3-7-21-42(37)47)30-11-9-12-31(25-30)35-14-1-5-19-40(35)48-43-22-8-4-17-38(43)39-18-10-13-32(28-46)44(39)48/h1-26H. The second-order valence-corrected chi connectivity index (χ2v) is 12.0. The van der Waals surface area contributed by atoms with Gasteiger partial charge in [0, 0.05) is 32.8 Å². The molecule has 0 unspecified atom stereocenters. The summed E-state index contributed by atoms with van der Waals surface area (Å²) >= 11 is 0. The molecule has 0 saturated heterocycles. The zero-order valence-electron chi connectivity index (χ0n) is 25.8. The molecule has 48 heavy (non-hydrogen) atoms. The molecule has 0 N–H and O–H groups in total. The molecular formula is C44H26N4. The van der Waals surface area contributed by atoms with E-state index in [-0.39, 0.29) is 0 Å². The van der Waals surface area contributed by atoms with Crippen LogP contribution in [0.25, 0.3) is 77.2 Å². The fraction of sp³-hybridized carbons (Fsp3) is 0. The van der Waals surface area contributed by atoms with Crippen LogP contribution in [0.2, 0.25) is 0 Å². The van der Waals surface area contributed by atoms with Gasteiger partial charge in [-0.05, 0) is 71.3 Å². The Balaban J connectivity index is 1.24. The normalized spacial score (nSPS) is 11.3. The van der Waals surface area contributed by atoms with Crippen LogP contribution in [0.5, 0.6) is 0 Å². The molecule has 9 rings (SSSR count). The number of aromatic nitrogens is 2. The Morgan fingerprint density at radius 1 is 0.417 bits per heavy atom. The van der Waals surface area contributed by atoms with E-state index in [0.717, 1.165) is 66.5 Å². The van der Waals surface area contributed by atoms with Crippen molar-refractivity contribution in [3.63, 3.8) is 0 Å². The number of para-hydroxylation sites is 5. The summed E-state index contributed by atoms with van der Waals surface area (Å²) in [6, 6.07) is 58.9. The summed E-state index contributed by atoms with van der Waals surface area (Å²) in [5.41, 5.74) is 11.4. The van der Waals surface area contributed by atoms with Crippen LogP contribution in [0.3, 0.4) is 0 Å². The number of benzene rings is 7. The van der Waals surface area contributed by atoms with Crippen molar-refractivity contribution >= 4 is 43.6 Å². The number of nitriles is 2. The highest BCUT2D eigenvalue weighted by molar-refractivity contribution is 6.12. The lowest BCUT2D eigenvalue weighted by molar-refractivity contribution is 1.18. The zero-order chi connectivity index (χ0) is 32.2.